The van der Waals surface area contributed by atoms with E-state index in [1.54, 1.807) is 7.05 Å². The van der Waals surface area contributed by atoms with Gasteiger partial charge in [-0.25, -0.2) is 0 Å². The SMILES string of the molecule is CCc1[nH]nc(C(=O)N(C)CCC(=O)OC)c1N. The number of carbonyl (C=O) groups is 2. The summed E-state index contributed by atoms with van der Waals surface area (Å²) in [5, 5.41) is 6.62. The molecule has 7 heteroatoms. The molecular formula is C11H18N4O3. The van der Waals surface area contributed by atoms with Gasteiger partial charge >= 0.3 is 5.97 Å². The van der Waals surface area contributed by atoms with E-state index in [4.69, 9.17) is 5.73 Å². The van der Waals surface area contributed by atoms with Gasteiger partial charge in [0.2, 0.25) is 0 Å². The average molecular weight is 254 g/mol. The maximum absolute atomic E-state index is 12.0. The molecule has 18 heavy (non-hydrogen) atoms. The third kappa shape index (κ3) is 2.99. The number of esters is 1. The zero-order chi connectivity index (χ0) is 13.7. The highest BCUT2D eigenvalue weighted by Crippen LogP contribution is 2.15. The van der Waals surface area contributed by atoms with Crippen LogP contribution in [0.15, 0.2) is 0 Å². The van der Waals surface area contributed by atoms with E-state index in [2.05, 4.69) is 14.9 Å². The first-order chi connectivity index (χ1) is 8.51. The first kappa shape index (κ1) is 14.0. The number of aromatic amines is 1. The van der Waals surface area contributed by atoms with E-state index in [-0.39, 0.29) is 30.5 Å². The van der Waals surface area contributed by atoms with E-state index in [1.807, 2.05) is 6.92 Å². The summed E-state index contributed by atoms with van der Waals surface area (Å²) in [6.07, 6.45) is 0.821. The summed E-state index contributed by atoms with van der Waals surface area (Å²) >= 11 is 0. The fraction of sp³-hybridized carbons (Fsp3) is 0.545. The summed E-state index contributed by atoms with van der Waals surface area (Å²) in [7, 11) is 2.90. The molecule has 1 heterocycles. The van der Waals surface area contributed by atoms with Gasteiger partial charge < -0.3 is 15.4 Å². The monoisotopic (exact) mass is 254 g/mol. The van der Waals surface area contributed by atoms with Gasteiger partial charge in [0.05, 0.1) is 24.9 Å². The van der Waals surface area contributed by atoms with Crippen molar-refractivity contribution in [1.82, 2.24) is 15.1 Å². The number of aromatic nitrogens is 2. The molecule has 100 valence electrons. The predicted octanol–water partition coefficient (Wildman–Crippen LogP) is 0.189. The number of rotatable bonds is 5. The van der Waals surface area contributed by atoms with E-state index >= 15 is 0 Å². The maximum Gasteiger partial charge on any atom is 0.307 e. The fourth-order valence-electron chi connectivity index (χ4n) is 1.46. The lowest BCUT2D eigenvalue weighted by Gasteiger charge is -2.15. The number of anilines is 1. The van der Waals surface area contributed by atoms with E-state index in [0.29, 0.717) is 12.1 Å². The number of hydrogen-bond acceptors (Lipinski definition) is 5. The van der Waals surface area contributed by atoms with Crippen LogP contribution in [0.4, 0.5) is 5.69 Å². The minimum absolute atomic E-state index is 0.143. The Morgan fingerprint density at radius 1 is 1.50 bits per heavy atom. The molecule has 0 aromatic carbocycles. The largest absolute Gasteiger partial charge is 0.469 e. The number of ether oxygens (including phenoxy) is 1. The van der Waals surface area contributed by atoms with Crippen molar-refractivity contribution in [1.29, 1.82) is 0 Å². The number of nitrogens with zero attached hydrogens (tertiary/aromatic N) is 2. The summed E-state index contributed by atoms with van der Waals surface area (Å²) in [5.41, 5.74) is 7.10. The van der Waals surface area contributed by atoms with Crippen molar-refractivity contribution < 1.29 is 14.3 Å². The van der Waals surface area contributed by atoms with Gasteiger partial charge in [0, 0.05) is 13.6 Å². The summed E-state index contributed by atoms with van der Waals surface area (Å²) in [6.45, 7) is 2.18. The molecule has 0 bridgehead atoms. The Bertz CT molecular complexity index is 441. The van der Waals surface area contributed by atoms with Crippen molar-refractivity contribution in [3.05, 3.63) is 11.4 Å². The predicted molar refractivity (Wildman–Crippen MR) is 66.0 cm³/mol. The van der Waals surface area contributed by atoms with E-state index < -0.39 is 0 Å². The average Bonchev–Trinajstić information content (AvgIpc) is 2.75. The highest BCUT2D eigenvalue weighted by molar-refractivity contribution is 5.97. The summed E-state index contributed by atoms with van der Waals surface area (Å²) in [5.74, 6) is -0.675. The van der Waals surface area contributed by atoms with E-state index in [9.17, 15) is 9.59 Å². The molecule has 0 aliphatic carbocycles. The van der Waals surface area contributed by atoms with Crippen molar-refractivity contribution in [2.75, 3.05) is 26.4 Å². The van der Waals surface area contributed by atoms with Crippen molar-refractivity contribution in [3.63, 3.8) is 0 Å². The molecule has 0 saturated heterocycles. The van der Waals surface area contributed by atoms with Crippen LogP contribution in [0.5, 0.6) is 0 Å². The van der Waals surface area contributed by atoms with Gasteiger partial charge in [0.1, 0.15) is 0 Å². The minimum Gasteiger partial charge on any atom is -0.469 e. The molecule has 1 aromatic rings. The number of aryl methyl sites for hydroxylation is 1. The van der Waals surface area contributed by atoms with Gasteiger partial charge in [-0.1, -0.05) is 6.92 Å². The second-order valence-corrected chi connectivity index (χ2v) is 3.87. The summed E-state index contributed by atoms with van der Waals surface area (Å²) in [6, 6.07) is 0. The van der Waals surface area contributed by atoms with Gasteiger partial charge in [-0.3, -0.25) is 14.7 Å². The van der Waals surface area contributed by atoms with Crippen molar-refractivity contribution >= 4 is 17.6 Å². The molecule has 1 aromatic heterocycles. The Kier molecular flexibility index (Phi) is 4.70. The van der Waals surface area contributed by atoms with Gasteiger partial charge in [-0.15, -0.1) is 0 Å². The Morgan fingerprint density at radius 2 is 2.17 bits per heavy atom. The summed E-state index contributed by atoms with van der Waals surface area (Å²) in [4.78, 5) is 24.4. The number of H-pyrrole nitrogens is 1. The lowest BCUT2D eigenvalue weighted by atomic mass is 10.2. The molecule has 0 spiro atoms. The number of methoxy groups -OCH3 is 1. The number of nitrogens with two attached hydrogens (primary N) is 1. The van der Waals surface area contributed by atoms with Gasteiger partial charge in [0.25, 0.3) is 5.91 Å². The fourth-order valence-corrected chi connectivity index (χ4v) is 1.46. The maximum atomic E-state index is 12.0. The van der Waals surface area contributed by atoms with Crippen molar-refractivity contribution in [2.24, 2.45) is 0 Å². The molecule has 0 fully saturated rings. The normalized spacial score (nSPS) is 10.2. The Hall–Kier alpha value is -2.05. The van der Waals surface area contributed by atoms with Gasteiger partial charge in [0.15, 0.2) is 5.69 Å². The molecule has 3 N–H and O–H groups in total. The molecule has 0 radical (unpaired) electrons. The highest BCUT2D eigenvalue weighted by Gasteiger charge is 2.20. The van der Waals surface area contributed by atoms with Crippen LogP contribution in [0.3, 0.4) is 0 Å². The topological polar surface area (TPSA) is 101 Å². The van der Waals surface area contributed by atoms with Crippen LogP contribution < -0.4 is 5.73 Å². The molecule has 1 rings (SSSR count). The smallest absolute Gasteiger partial charge is 0.307 e. The van der Waals surface area contributed by atoms with Crippen LogP contribution >= 0.6 is 0 Å². The number of carbonyl (C=O) groups excluding carboxylic acids is 2. The number of amides is 1. The molecule has 0 aliphatic heterocycles. The Balaban J connectivity index is 2.68. The third-order valence-electron chi connectivity index (χ3n) is 2.66. The Labute approximate surface area is 105 Å². The van der Waals surface area contributed by atoms with Crippen LogP contribution in [-0.2, 0) is 16.0 Å². The number of nitrogen functional groups attached to an aromatic ring is 1. The number of nitrogens with one attached hydrogen (secondary N) is 1. The summed E-state index contributed by atoms with van der Waals surface area (Å²) < 4.78 is 4.51. The second-order valence-electron chi connectivity index (χ2n) is 3.87. The minimum atomic E-state index is -0.362. The van der Waals surface area contributed by atoms with Crippen LogP contribution in [0, 0.1) is 0 Å². The molecular weight excluding hydrogens is 236 g/mol. The number of hydrogen-bond donors (Lipinski definition) is 2. The third-order valence-corrected chi connectivity index (χ3v) is 2.66. The Morgan fingerprint density at radius 3 is 2.67 bits per heavy atom. The van der Waals surface area contributed by atoms with E-state index in [0.717, 1.165) is 5.69 Å². The first-order valence-electron chi connectivity index (χ1n) is 5.66. The first-order valence-corrected chi connectivity index (χ1v) is 5.66. The lowest BCUT2D eigenvalue weighted by molar-refractivity contribution is -0.140. The van der Waals surface area contributed by atoms with Crippen LogP contribution in [-0.4, -0.2) is 47.7 Å². The standard InChI is InChI=1S/C11H18N4O3/c1-4-7-9(12)10(14-13-7)11(17)15(2)6-5-8(16)18-3/h4-6,12H2,1-3H3,(H,13,14). The van der Waals surface area contributed by atoms with Crippen molar-refractivity contribution in [3.8, 4) is 0 Å². The second kappa shape index (κ2) is 6.04. The van der Waals surface area contributed by atoms with Crippen molar-refractivity contribution in [2.45, 2.75) is 19.8 Å². The van der Waals surface area contributed by atoms with Gasteiger partial charge in [-0.2, -0.15) is 5.10 Å². The zero-order valence-corrected chi connectivity index (χ0v) is 10.8. The quantitative estimate of drug-likeness (QED) is 0.730. The molecule has 0 atom stereocenters. The zero-order valence-electron chi connectivity index (χ0n) is 10.8. The van der Waals surface area contributed by atoms with Crippen LogP contribution in [0.25, 0.3) is 0 Å². The molecule has 1 amide bonds. The van der Waals surface area contributed by atoms with Crippen LogP contribution in [0.1, 0.15) is 29.5 Å². The highest BCUT2D eigenvalue weighted by atomic mass is 16.5. The lowest BCUT2D eigenvalue weighted by Crippen LogP contribution is -2.30. The molecule has 7 nitrogen and oxygen atoms in total. The van der Waals surface area contributed by atoms with E-state index in [1.165, 1.54) is 12.0 Å². The molecule has 0 unspecified atom stereocenters. The molecule has 0 aliphatic rings. The van der Waals surface area contributed by atoms with Gasteiger partial charge in [-0.05, 0) is 6.42 Å². The van der Waals surface area contributed by atoms with Crippen LogP contribution in [0.2, 0.25) is 0 Å². The molecule has 0 saturated carbocycles.